The highest BCUT2D eigenvalue weighted by Crippen LogP contribution is 2.23. The fourth-order valence-electron chi connectivity index (χ4n) is 1.35. The van der Waals surface area contributed by atoms with Crippen molar-refractivity contribution in [3.05, 3.63) is 41.7 Å². The number of aldehydes is 1. The third-order valence-electron chi connectivity index (χ3n) is 2.17. The fourth-order valence-corrected chi connectivity index (χ4v) is 1.35. The molecule has 2 N–H and O–H groups in total. The number of hydrogen-bond acceptors (Lipinski definition) is 5. The number of benzene rings is 1. The topological polar surface area (TPSA) is 78.1 Å². The van der Waals surface area contributed by atoms with Gasteiger partial charge in [-0.3, -0.25) is 4.79 Å². The third kappa shape index (κ3) is 2.57. The molecular weight excluding hydrogens is 218 g/mol. The van der Waals surface area contributed by atoms with Gasteiger partial charge in [-0.2, -0.15) is 0 Å². The highest BCUT2D eigenvalue weighted by atomic mass is 16.5. The highest BCUT2D eigenvalue weighted by molar-refractivity contribution is 5.75. The maximum absolute atomic E-state index is 10.6. The van der Waals surface area contributed by atoms with Crippen LogP contribution in [0.25, 0.3) is 0 Å². The first-order chi connectivity index (χ1) is 8.19. The predicted octanol–water partition coefficient (Wildman–Crippen LogP) is 1.97. The molecule has 0 saturated carbocycles. The molecule has 1 aromatic heterocycles. The van der Waals surface area contributed by atoms with Crippen molar-refractivity contribution in [3.63, 3.8) is 0 Å². The molecule has 86 valence electrons. The van der Waals surface area contributed by atoms with Crippen LogP contribution in [0.1, 0.15) is 16.1 Å². The molecule has 0 atom stereocenters. The molecule has 1 heterocycles. The zero-order valence-corrected chi connectivity index (χ0v) is 9.25. The van der Waals surface area contributed by atoms with Crippen LogP contribution in [0.3, 0.4) is 0 Å². The summed E-state index contributed by atoms with van der Waals surface area (Å²) in [5, 5.41) is 0. The molecule has 0 saturated heterocycles. The molecule has 0 spiro atoms. The second-order valence-corrected chi connectivity index (χ2v) is 3.47. The van der Waals surface area contributed by atoms with E-state index in [2.05, 4.69) is 9.97 Å². The lowest BCUT2D eigenvalue weighted by Gasteiger charge is -2.07. The molecule has 5 heteroatoms. The number of aromatic nitrogens is 2. The molecule has 0 aliphatic carbocycles. The molecule has 0 radical (unpaired) electrons. The molecule has 1 aromatic carbocycles. The quantitative estimate of drug-likeness (QED) is 0.814. The summed E-state index contributed by atoms with van der Waals surface area (Å²) in [6, 6.07) is 6.84. The normalized spacial score (nSPS) is 9.94. The van der Waals surface area contributed by atoms with Gasteiger partial charge in [0.15, 0.2) is 5.75 Å². The van der Waals surface area contributed by atoms with Gasteiger partial charge in [0, 0.05) is 5.56 Å². The number of nitrogens with zero attached hydrogens (tertiary/aromatic N) is 2. The second-order valence-electron chi connectivity index (χ2n) is 3.47. The summed E-state index contributed by atoms with van der Waals surface area (Å²) in [6.45, 7) is 1.77. The van der Waals surface area contributed by atoms with Crippen molar-refractivity contribution in [2.75, 3.05) is 5.73 Å². The van der Waals surface area contributed by atoms with Crippen molar-refractivity contribution in [3.8, 4) is 11.5 Å². The van der Waals surface area contributed by atoms with E-state index in [-0.39, 0.29) is 5.95 Å². The molecule has 5 nitrogen and oxygen atoms in total. The van der Waals surface area contributed by atoms with Gasteiger partial charge in [-0.15, -0.1) is 0 Å². The standard InChI is InChI=1S/C12H11N3O2/c1-8-11(6-14-12(13)15-8)17-10-4-2-3-9(5-10)7-16/h2-7H,1H3,(H2,13,14,15). The van der Waals surface area contributed by atoms with E-state index in [1.165, 1.54) is 6.20 Å². The van der Waals surface area contributed by atoms with Crippen LogP contribution in [0.2, 0.25) is 0 Å². The minimum atomic E-state index is 0.205. The van der Waals surface area contributed by atoms with E-state index < -0.39 is 0 Å². The van der Waals surface area contributed by atoms with Crippen molar-refractivity contribution in [2.45, 2.75) is 6.92 Å². The number of rotatable bonds is 3. The van der Waals surface area contributed by atoms with Gasteiger partial charge in [0.25, 0.3) is 0 Å². The number of anilines is 1. The smallest absolute Gasteiger partial charge is 0.220 e. The molecule has 0 unspecified atom stereocenters. The van der Waals surface area contributed by atoms with Crippen LogP contribution in [-0.4, -0.2) is 16.3 Å². The lowest BCUT2D eigenvalue weighted by atomic mass is 10.2. The van der Waals surface area contributed by atoms with E-state index in [0.717, 1.165) is 6.29 Å². The lowest BCUT2D eigenvalue weighted by Crippen LogP contribution is -1.98. The molecule has 0 fully saturated rings. The van der Waals surface area contributed by atoms with Gasteiger partial charge < -0.3 is 10.5 Å². The Labute approximate surface area is 98.3 Å². The first-order valence-corrected chi connectivity index (χ1v) is 5.01. The highest BCUT2D eigenvalue weighted by Gasteiger charge is 2.04. The third-order valence-corrected chi connectivity index (χ3v) is 2.17. The van der Waals surface area contributed by atoms with Crippen LogP contribution in [-0.2, 0) is 0 Å². The summed E-state index contributed by atoms with van der Waals surface area (Å²) in [6.07, 6.45) is 2.27. The molecule has 0 aliphatic rings. The van der Waals surface area contributed by atoms with Gasteiger partial charge in [-0.05, 0) is 19.1 Å². The first kappa shape index (κ1) is 11.1. The molecular formula is C12H11N3O2. The van der Waals surface area contributed by atoms with Gasteiger partial charge in [0.2, 0.25) is 5.95 Å². The summed E-state index contributed by atoms with van der Waals surface area (Å²) in [7, 11) is 0. The molecule has 17 heavy (non-hydrogen) atoms. The summed E-state index contributed by atoms with van der Waals surface area (Å²) in [5.41, 5.74) is 6.64. The number of carbonyl (C=O) groups is 1. The average Bonchev–Trinajstić information content (AvgIpc) is 2.33. The number of carbonyl (C=O) groups excluding carboxylic acids is 1. The molecule has 0 aliphatic heterocycles. The SMILES string of the molecule is Cc1nc(N)ncc1Oc1cccc(C=O)c1. The van der Waals surface area contributed by atoms with Crippen LogP contribution in [0.5, 0.6) is 11.5 Å². The van der Waals surface area contributed by atoms with Crippen molar-refractivity contribution in [1.29, 1.82) is 0 Å². The number of nitrogen functional groups attached to an aromatic ring is 1. The van der Waals surface area contributed by atoms with Crippen LogP contribution >= 0.6 is 0 Å². The summed E-state index contributed by atoms with van der Waals surface area (Å²) in [5.74, 6) is 1.28. The number of hydrogen-bond donors (Lipinski definition) is 1. The average molecular weight is 229 g/mol. The Morgan fingerprint density at radius 2 is 2.24 bits per heavy atom. The maximum atomic E-state index is 10.6. The fraction of sp³-hybridized carbons (Fsp3) is 0.0833. The van der Waals surface area contributed by atoms with E-state index in [0.29, 0.717) is 22.8 Å². The number of aryl methyl sites for hydroxylation is 1. The van der Waals surface area contributed by atoms with Crippen molar-refractivity contribution >= 4 is 12.2 Å². The van der Waals surface area contributed by atoms with Crippen molar-refractivity contribution in [1.82, 2.24) is 9.97 Å². The summed E-state index contributed by atoms with van der Waals surface area (Å²) >= 11 is 0. The van der Waals surface area contributed by atoms with Gasteiger partial charge >= 0.3 is 0 Å². The Morgan fingerprint density at radius 1 is 1.41 bits per heavy atom. The van der Waals surface area contributed by atoms with Crippen LogP contribution in [0, 0.1) is 6.92 Å². The second kappa shape index (κ2) is 4.61. The van der Waals surface area contributed by atoms with Gasteiger partial charge in [-0.25, -0.2) is 9.97 Å². The van der Waals surface area contributed by atoms with Gasteiger partial charge in [-0.1, -0.05) is 12.1 Å². The van der Waals surface area contributed by atoms with Crippen LogP contribution < -0.4 is 10.5 Å². The summed E-state index contributed by atoms with van der Waals surface area (Å²) < 4.78 is 5.57. The first-order valence-electron chi connectivity index (χ1n) is 5.01. The Morgan fingerprint density at radius 3 is 2.94 bits per heavy atom. The molecule has 2 aromatic rings. The predicted molar refractivity (Wildman–Crippen MR) is 63.1 cm³/mol. The Bertz CT molecular complexity index is 555. The van der Waals surface area contributed by atoms with Crippen molar-refractivity contribution < 1.29 is 9.53 Å². The van der Waals surface area contributed by atoms with E-state index >= 15 is 0 Å². The van der Waals surface area contributed by atoms with Crippen LogP contribution in [0.15, 0.2) is 30.5 Å². The van der Waals surface area contributed by atoms with Crippen molar-refractivity contribution in [2.24, 2.45) is 0 Å². The molecule has 0 bridgehead atoms. The Balaban J connectivity index is 2.27. The molecule has 2 rings (SSSR count). The number of nitrogens with two attached hydrogens (primary N) is 1. The van der Waals surface area contributed by atoms with Gasteiger partial charge in [0.1, 0.15) is 12.0 Å². The summed E-state index contributed by atoms with van der Waals surface area (Å²) in [4.78, 5) is 18.5. The molecule has 0 amide bonds. The van der Waals surface area contributed by atoms with E-state index in [1.54, 1.807) is 31.2 Å². The lowest BCUT2D eigenvalue weighted by molar-refractivity contribution is 0.112. The van der Waals surface area contributed by atoms with E-state index in [4.69, 9.17) is 10.5 Å². The number of ether oxygens (including phenoxy) is 1. The zero-order valence-electron chi connectivity index (χ0n) is 9.25. The van der Waals surface area contributed by atoms with Crippen LogP contribution in [0.4, 0.5) is 5.95 Å². The van der Waals surface area contributed by atoms with E-state index in [9.17, 15) is 4.79 Å². The maximum Gasteiger partial charge on any atom is 0.220 e. The zero-order chi connectivity index (χ0) is 12.3. The van der Waals surface area contributed by atoms with Gasteiger partial charge in [0.05, 0.1) is 11.9 Å². The Hall–Kier alpha value is -2.43. The van der Waals surface area contributed by atoms with E-state index in [1.807, 2.05) is 0 Å². The minimum Gasteiger partial charge on any atom is -0.454 e. The Kier molecular flexibility index (Phi) is 3.00. The monoisotopic (exact) mass is 229 g/mol. The largest absolute Gasteiger partial charge is 0.454 e. The minimum absolute atomic E-state index is 0.205.